The zero-order valence-electron chi connectivity index (χ0n) is 14.2. The van der Waals surface area contributed by atoms with Crippen molar-refractivity contribution in [2.75, 3.05) is 19.6 Å². The summed E-state index contributed by atoms with van der Waals surface area (Å²) in [5.74, 6) is 0.262. The lowest BCUT2D eigenvalue weighted by Crippen LogP contribution is -2.45. The fourth-order valence-electron chi connectivity index (χ4n) is 3.68. The number of nitrogens with one attached hydrogen (secondary N) is 2. The second-order valence-corrected chi connectivity index (χ2v) is 8.25. The minimum absolute atomic E-state index is 0.0385. The van der Waals surface area contributed by atoms with E-state index in [1.807, 2.05) is 6.20 Å². The number of thiazole rings is 1. The van der Waals surface area contributed by atoms with Crippen LogP contribution in [-0.4, -0.2) is 47.6 Å². The van der Waals surface area contributed by atoms with E-state index in [1.54, 1.807) is 11.3 Å². The van der Waals surface area contributed by atoms with E-state index in [1.165, 1.54) is 30.6 Å². The van der Waals surface area contributed by atoms with Gasteiger partial charge in [-0.1, -0.05) is 19.8 Å². The van der Waals surface area contributed by atoms with Crippen molar-refractivity contribution >= 4 is 17.4 Å². The summed E-state index contributed by atoms with van der Waals surface area (Å²) in [5, 5.41) is 7.23. The smallest absolute Gasteiger partial charge is 0.315 e. The van der Waals surface area contributed by atoms with Gasteiger partial charge in [0.2, 0.25) is 0 Å². The van der Waals surface area contributed by atoms with Gasteiger partial charge in [-0.15, -0.1) is 11.3 Å². The fraction of sp³-hybridized carbons (Fsp3) is 0.765. The van der Waals surface area contributed by atoms with Crippen LogP contribution in [0.25, 0.3) is 0 Å². The SMILES string of the molecule is Cc1cnc([C@H](C)CNC(=O)N[C@@H]2CCN(C3CCCC3)C2)s1. The van der Waals surface area contributed by atoms with Crippen LogP contribution in [0.5, 0.6) is 0 Å². The number of aromatic nitrogens is 1. The van der Waals surface area contributed by atoms with E-state index in [0.717, 1.165) is 30.6 Å². The van der Waals surface area contributed by atoms with Gasteiger partial charge in [-0.3, -0.25) is 4.90 Å². The number of amides is 2. The summed E-state index contributed by atoms with van der Waals surface area (Å²) in [7, 11) is 0. The zero-order valence-corrected chi connectivity index (χ0v) is 15.0. The van der Waals surface area contributed by atoms with Crippen molar-refractivity contribution in [3.05, 3.63) is 16.1 Å². The Bertz CT molecular complexity index is 526. The molecule has 5 nitrogen and oxygen atoms in total. The third-order valence-electron chi connectivity index (χ3n) is 5.03. The van der Waals surface area contributed by atoms with Crippen LogP contribution in [0.15, 0.2) is 6.20 Å². The van der Waals surface area contributed by atoms with E-state index in [-0.39, 0.29) is 11.9 Å². The first-order valence-corrected chi connectivity index (χ1v) is 9.64. The number of urea groups is 1. The highest BCUT2D eigenvalue weighted by atomic mass is 32.1. The van der Waals surface area contributed by atoms with Gasteiger partial charge in [0, 0.05) is 48.7 Å². The van der Waals surface area contributed by atoms with Crippen LogP contribution in [0.4, 0.5) is 4.79 Å². The van der Waals surface area contributed by atoms with Crippen molar-refractivity contribution < 1.29 is 4.79 Å². The summed E-state index contributed by atoms with van der Waals surface area (Å²) >= 11 is 1.71. The largest absolute Gasteiger partial charge is 0.337 e. The van der Waals surface area contributed by atoms with E-state index >= 15 is 0 Å². The molecular weight excluding hydrogens is 308 g/mol. The molecule has 2 fully saturated rings. The lowest BCUT2D eigenvalue weighted by molar-refractivity contribution is 0.227. The predicted octanol–water partition coefficient (Wildman–Crippen LogP) is 2.87. The van der Waals surface area contributed by atoms with Gasteiger partial charge >= 0.3 is 6.03 Å². The Morgan fingerprint density at radius 2 is 2.22 bits per heavy atom. The molecule has 2 atom stereocenters. The Kier molecular flexibility index (Phi) is 5.54. The molecule has 1 saturated carbocycles. The van der Waals surface area contributed by atoms with Gasteiger partial charge in [-0.05, 0) is 26.2 Å². The molecule has 0 aromatic carbocycles. The number of carbonyl (C=O) groups excluding carboxylic acids is 1. The van der Waals surface area contributed by atoms with Crippen LogP contribution in [0.2, 0.25) is 0 Å². The predicted molar refractivity (Wildman–Crippen MR) is 94.0 cm³/mol. The Hall–Kier alpha value is -1.14. The van der Waals surface area contributed by atoms with E-state index < -0.39 is 0 Å². The maximum absolute atomic E-state index is 12.1. The van der Waals surface area contributed by atoms with Gasteiger partial charge in [-0.25, -0.2) is 9.78 Å². The molecule has 0 unspecified atom stereocenters. The molecule has 23 heavy (non-hydrogen) atoms. The molecule has 1 aliphatic heterocycles. The van der Waals surface area contributed by atoms with Crippen LogP contribution >= 0.6 is 11.3 Å². The molecule has 6 heteroatoms. The quantitative estimate of drug-likeness (QED) is 0.869. The maximum Gasteiger partial charge on any atom is 0.315 e. The summed E-state index contributed by atoms with van der Waals surface area (Å²) in [5.41, 5.74) is 0. The molecule has 2 aliphatic rings. The number of nitrogens with zero attached hydrogens (tertiary/aromatic N) is 2. The monoisotopic (exact) mass is 336 g/mol. The number of likely N-dealkylation sites (tertiary alicyclic amines) is 1. The van der Waals surface area contributed by atoms with Crippen molar-refractivity contribution in [1.29, 1.82) is 0 Å². The van der Waals surface area contributed by atoms with Crippen molar-refractivity contribution in [3.8, 4) is 0 Å². The van der Waals surface area contributed by atoms with Gasteiger partial charge in [-0.2, -0.15) is 0 Å². The summed E-state index contributed by atoms with van der Waals surface area (Å²) < 4.78 is 0. The number of carbonyl (C=O) groups is 1. The molecule has 1 aromatic heterocycles. The summed E-state index contributed by atoms with van der Waals surface area (Å²) in [6, 6.07) is 1.02. The first kappa shape index (κ1) is 16.7. The first-order chi connectivity index (χ1) is 11.1. The minimum Gasteiger partial charge on any atom is -0.337 e. The summed E-state index contributed by atoms with van der Waals surface area (Å²) in [6.07, 6.45) is 8.38. The van der Waals surface area contributed by atoms with Crippen molar-refractivity contribution in [2.45, 2.75) is 64.0 Å². The Morgan fingerprint density at radius 3 is 2.91 bits per heavy atom. The number of aryl methyl sites for hydroxylation is 1. The van der Waals surface area contributed by atoms with Crippen molar-refractivity contribution in [3.63, 3.8) is 0 Å². The van der Waals surface area contributed by atoms with Crippen LogP contribution in [-0.2, 0) is 0 Å². The molecule has 0 radical (unpaired) electrons. The second kappa shape index (κ2) is 7.62. The standard InChI is InChI=1S/C17H28N4OS/c1-12(16-18-10-13(2)23-16)9-19-17(22)20-14-7-8-21(11-14)15-5-3-4-6-15/h10,12,14-15H,3-9,11H2,1-2H3,(H2,19,20,22)/t12-,14-/m1/s1. The van der Waals surface area contributed by atoms with Gasteiger partial charge in [0.25, 0.3) is 0 Å². The van der Waals surface area contributed by atoms with Gasteiger partial charge in [0.05, 0.1) is 5.01 Å². The normalized spacial score (nSPS) is 24.0. The van der Waals surface area contributed by atoms with Crippen LogP contribution in [0, 0.1) is 6.92 Å². The zero-order chi connectivity index (χ0) is 16.2. The molecule has 0 bridgehead atoms. The lowest BCUT2D eigenvalue weighted by atomic mass is 10.2. The minimum atomic E-state index is -0.0385. The molecule has 2 N–H and O–H groups in total. The highest BCUT2D eigenvalue weighted by Gasteiger charge is 2.30. The number of hydrogen-bond acceptors (Lipinski definition) is 4. The Balaban J connectivity index is 1.38. The molecule has 1 saturated heterocycles. The van der Waals surface area contributed by atoms with E-state index in [0.29, 0.717) is 12.6 Å². The third kappa shape index (κ3) is 4.44. The summed E-state index contributed by atoms with van der Waals surface area (Å²) in [4.78, 5) is 20.3. The number of rotatable bonds is 5. The van der Waals surface area contributed by atoms with Gasteiger partial charge < -0.3 is 10.6 Å². The third-order valence-corrected chi connectivity index (χ3v) is 6.17. The summed E-state index contributed by atoms with van der Waals surface area (Å²) in [6.45, 7) is 6.95. The first-order valence-electron chi connectivity index (χ1n) is 8.82. The molecule has 1 aliphatic carbocycles. The van der Waals surface area contributed by atoms with Crippen LogP contribution < -0.4 is 10.6 Å². The molecule has 128 valence electrons. The van der Waals surface area contributed by atoms with Gasteiger partial charge in [0.15, 0.2) is 0 Å². The molecule has 1 aromatic rings. The molecule has 2 heterocycles. The second-order valence-electron chi connectivity index (χ2n) is 6.98. The average molecular weight is 337 g/mol. The molecule has 0 spiro atoms. The van der Waals surface area contributed by atoms with E-state index in [4.69, 9.17) is 0 Å². The average Bonchev–Trinajstić information content (AvgIpc) is 3.25. The molecular formula is C17H28N4OS. The highest BCUT2D eigenvalue weighted by molar-refractivity contribution is 7.11. The molecule has 3 rings (SSSR count). The van der Waals surface area contributed by atoms with Gasteiger partial charge in [0.1, 0.15) is 0 Å². The Labute approximate surface area is 142 Å². The van der Waals surface area contributed by atoms with E-state index in [2.05, 4.69) is 34.4 Å². The molecule has 2 amide bonds. The van der Waals surface area contributed by atoms with E-state index in [9.17, 15) is 4.79 Å². The number of hydrogen-bond donors (Lipinski definition) is 2. The maximum atomic E-state index is 12.1. The van der Waals surface area contributed by atoms with Crippen molar-refractivity contribution in [2.24, 2.45) is 0 Å². The highest BCUT2D eigenvalue weighted by Crippen LogP contribution is 2.26. The van der Waals surface area contributed by atoms with Crippen LogP contribution in [0.3, 0.4) is 0 Å². The Morgan fingerprint density at radius 1 is 1.43 bits per heavy atom. The topological polar surface area (TPSA) is 57.3 Å². The fourth-order valence-corrected chi connectivity index (χ4v) is 4.50. The lowest BCUT2D eigenvalue weighted by Gasteiger charge is -2.23. The van der Waals surface area contributed by atoms with Crippen LogP contribution in [0.1, 0.15) is 54.8 Å². The van der Waals surface area contributed by atoms with Crippen molar-refractivity contribution in [1.82, 2.24) is 20.5 Å².